The zero-order chi connectivity index (χ0) is 25.2. The molecule has 36 heavy (non-hydrogen) atoms. The van der Waals surface area contributed by atoms with Crippen LogP contribution in [0.1, 0.15) is 25.0 Å². The van der Waals surface area contributed by atoms with Crippen molar-refractivity contribution in [1.82, 2.24) is 4.98 Å². The number of allylic oxidation sites excluding steroid dienone is 1. The number of fused-ring (bicyclic) bond motifs is 2. The summed E-state index contributed by atoms with van der Waals surface area (Å²) < 4.78 is 12.1. The van der Waals surface area contributed by atoms with Crippen LogP contribution in [0.25, 0.3) is 38.4 Å². The fourth-order valence-corrected chi connectivity index (χ4v) is 4.52. The molecular formula is C30H25ClN2O3. The van der Waals surface area contributed by atoms with Crippen molar-refractivity contribution in [1.29, 1.82) is 0 Å². The number of nitrogens with one attached hydrogen (secondary N) is 1. The first-order chi connectivity index (χ1) is 17.4. The van der Waals surface area contributed by atoms with Crippen molar-refractivity contribution in [3.05, 3.63) is 95.3 Å². The van der Waals surface area contributed by atoms with Crippen LogP contribution < -0.4 is 10.1 Å². The zero-order valence-electron chi connectivity index (χ0n) is 20.3. The Morgan fingerprint density at radius 2 is 1.92 bits per heavy atom. The molecule has 0 radical (unpaired) electrons. The fourth-order valence-electron chi connectivity index (χ4n) is 4.41. The Balaban J connectivity index is 1.58. The van der Waals surface area contributed by atoms with Crippen molar-refractivity contribution in [2.75, 3.05) is 11.9 Å². The van der Waals surface area contributed by atoms with E-state index in [9.17, 15) is 4.79 Å². The average molecular weight is 497 g/mol. The van der Waals surface area contributed by atoms with Crippen LogP contribution in [0.4, 0.5) is 5.82 Å². The van der Waals surface area contributed by atoms with Crippen molar-refractivity contribution >= 4 is 50.6 Å². The van der Waals surface area contributed by atoms with Crippen LogP contribution in [-0.2, 0) is 4.79 Å². The molecule has 6 heteroatoms. The number of rotatable bonds is 6. The Labute approximate surface area is 214 Å². The minimum atomic E-state index is -0.288. The van der Waals surface area contributed by atoms with Gasteiger partial charge in [-0.2, -0.15) is 0 Å². The Morgan fingerprint density at radius 3 is 2.67 bits per heavy atom. The zero-order valence-corrected chi connectivity index (χ0v) is 21.0. The second-order valence-corrected chi connectivity index (χ2v) is 9.01. The number of ether oxygens (including phenoxy) is 1. The molecule has 0 fully saturated rings. The number of aryl methyl sites for hydroxylation is 1. The predicted octanol–water partition coefficient (Wildman–Crippen LogP) is 8.05. The number of carbonyl (C=O) groups is 1. The van der Waals surface area contributed by atoms with Gasteiger partial charge in [0.15, 0.2) is 0 Å². The Hall–Kier alpha value is -4.09. The molecule has 0 saturated carbocycles. The summed E-state index contributed by atoms with van der Waals surface area (Å²) >= 11 is 5.89. The molecule has 0 saturated heterocycles. The predicted molar refractivity (Wildman–Crippen MR) is 147 cm³/mol. The maximum atomic E-state index is 12.7. The van der Waals surface area contributed by atoms with Gasteiger partial charge in [0, 0.05) is 34.3 Å². The number of hydrogen-bond donors (Lipinski definition) is 1. The quantitative estimate of drug-likeness (QED) is 0.241. The lowest BCUT2D eigenvalue weighted by Gasteiger charge is -2.15. The molecule has 0 aliphatic carbocycles. The smallest absolute Gasteiger partial charge is 0.249 e. The first-order valence-corrected chi connectivity index (χ1v) is 12.1. The van der Waals surface area contributed by atoms with Crippen molar-refractivity contribution in [3.63, 3.8) is 0 Å². The van der Waals surface area contributed by atoms with E-state index in [0.29, 0.717) is 23.2 Å². The largest absolute Gasteiger partial charge is 0.493 e. The highest BCUT2D eigenvalue weighted by molar-refractivity contribution is 6.30. The standard InChI is InChI=1S/C30H25ClN2O3/c1-4-35-29-19(3)30-25(26(17-36-30)22-10-9-20-7-5-6-8-21(20)14-22)15-24(29)18(2)13-28(34)33-27-12-11-23(31)16-32-27/h5-17H,4H2,1-3H3,(H,32,33,34)/b18-13+. The van der Waals surface area contributed by atoms with E-state index in [4.69, 9.17) is 20.8 Å². The van der Waals surface area contributed by atoms with Gasteiger partial charge >= 0.3 is 0 Å². The molecule has 5 aromatic rings. The second-order valence-electron chi connectivity index (χ2n) is 8.58. The first kappa shape index (κ1) is 23.6. The molecule has 2 heterocycles. The van der Waals surface area contributed by atoms with Crippen LogP contribution >= 0.6 is 11.6 Å². The lowest BCUT2D eigenvalue weighted by atomic mass is 9.95. The summed E-state index contributed by atoms with van der Waals surface area (Å²) in [6.45, 7) is 6.31. The first-order valence-electron chi connectivity index (χ1n) is 11.7. The third-order valence-electron chi connectivity index (χ3n) is 6.14. The van der Waals surface area contributed by atoms with Crippen LogP contribution in [0, 0.1) is 6.92 Å². The number of halogens is 1. The minimum absolute atomic E-state index is 0.288. The third kappa shape index (κ3) is 4.58. The van der Waals surface area contributed by atoms with Gasteiger partial charge in [0.25, 0.3) is 0 Å². The van der Waals surface area contributed by atoms with E-state index in [1.54, 1.807) is 24.5 Å². The molecule has 5 rings (SSSR count). The highest BCUT2D eigenvalue weighted by Crippen LogP contribution is 2.41. The number of benzene rings is 3. The number of carbonyl (C=O) groups excluding carboxylic acids is 1. The average Bonchev–Trinajstić information content (AvgIpc) is 3.31. The summed E-state index contributed by atoms with van der Waals surface area (Å²) in [5.41, 5.74) is 5.32. The fraction of sp³-hybridized carbons (Fsp3) is 0.133. The van der Waals surface area contributed by atoms with Crippen LogP contribution in [0.2, 0.25) is 5.02 Å². The van der Waals surface area contributed by atoms with Gasteiger partial charge in [-0.3, -0.25) is 4.79 Å². The maximum absolute atomic E-state index is 12.7. The molecule has 0 unspecified atom stereocenters. The molecule has 0 atom stereocenters. The Bertz CT molecular complexity index is 1620. The van der Waals surface area contributed by atoms with Gasteiger partial charge in [-0.15, -0.1) is 0 Å². The van der Waals surface area contributed by atoms with E-state index in [-0.39, 0.29) is 5.91 Å². The number of pyridine rings is 1. The van der Waals surface area contributed by atoms with Crippen molar-refractivity contribution in [2.24, 2.45) is 0 Å². The van der Waals surface area contributed by atoms with Gasteiger partial charge in [-0.25, -0.2) is 4.98 Å². The van der Waals surface area contributed by atoms with E-state index < -0.39 is 0 Å². The monoisotopic (exact) mass is 496 g/mol. The molecule has 1 N–H and O–H groups in total. The van der Waals surface area contributed by atoms with Gasteiger partial charge in [0.05, 0.1) is 17.9 Å². The highest BCUT2D eigenvalue weighted by atomic mass is 35.5. The van der Waals surface area contributed by atoms with Gasteiger partial charge in [0.1, 0.15) is 17.2 Å². The molecular weight excluding hydrogens is 472 g/mol. The lowest BCUT2D eigenvalue weighted by Crippen LogP contribution is -2.10. The van der Waals surface area contributed by atoms with Gasteiger partial charge < -0.3 is 14.5 Å². The van der Waals surface area contributed by atoms with Gasteiger partial charge in [0.2, 0.25) is 5.91 Å². The minimum Gasteiger partial charge on any atom is -0.493 e. The van der Waals surface area contributed by atoms with Gasteiger partial charge in [-0.1, -0.05) is 48.0 Å². The van der Waals surface area contributed by atoms with Crippen molar-refractivity contribution in [2.45, 2.75) is 20.8 Å². The summed E-state index contributed by atoms with van der Waals surface area (Å²) in [5.74, 6) is 0.846. The molecule has 1 amide bonds. The van der Waals surface area contributed by atoms with E-state index in [1.807, 2.05) is 39.0 Å². The van der Waals surface area contributed by atoms with Crippen LogP contribution in [0.3, 0.4) is 0 Å². The number of hydrogen-bond acceptors (Lipinski definition) is 4. The third-order valence-corrected chi connectivity index (χ3v) is 6.37. The number of anilines is 1. The number of nitrogens with zero attached hydrogens (tertiary/aromatic N) is 1. The van der Waals surface area contributed by atoms with Crippen molar-refractivity contribution in [3.8, 4) is 16.9 Å². The number of aromatic nitrogens is 1. The molecule has 0 aliphatic rings. The van der Waals surface area contributed by atoms with E-state index in [0.717, 1.165) is 44.2 Å². The number of furan rings is 1. The molecule has 5 nitrogen and oxygen atoms in total. The summed E-state index contributed by atoms with van der Waals surface area (Å²) in [6.07, 6.45) is 4.83. The summed E-state index contributed by atoms with van der Waals surface area (Å²) in [7, 11) is 0. The maximum Gasteiger partial charge on any atom is 0.249 e. The van der Waals surface area contributed by atoms with E-state index in [2.05, 4.69) is 40.6 Å². The topological polar surface area (TPSA) is 64.4 Å². The molecule has 0 bridgehead atoms. The van der Waals surface area contributed by atoms with Crippen LogP contribution in [0.5, 0.6) is 5.75 Å². The molecule has 180 valence electrons. The van der Waals surface area contributed by atoms with Crippen molar-refractivity contribution < 1.29 is 13.9 Å². The summed E-state index contributed by atoms with van der Waals surface area (Å²) in [4.78, 5) is 16.9. The number of amides is 1. The molecule has 0 aliphatic heterocycles. The normalized spacial score (nSPS) is 11.7. The summed E-state index contributed by atoms with van der Waals surface area (Å²) in [6, 6.07) is 20.0. The molecule has 2 aromatic heterocycles. The Kier molecular flexibility index (Phi) is 6.49. The molecule has 0 spiro atoms. The van der Waals surface area contributed by atoms with E-state index >= 15 is 0 Å². The van der Waals surface area contributed by atoms with Crippen LogP contribution in [-0.4, -0.2) is 17.5 Å². The van der Waals surface area contributed by atoms with Crippen LogP contribution in [0.15, 0.2) is 83.6 Å². The SMILES string of the molecule is CCOc1c(/C(C)=C/C(=O)Nc2ccc(Cl)cn2)cc2c(-c3ccc4ccccc4c3)coc2c1C. The Morgan fingerprint density at radius 1 is 1.11 bits per heavy atom. The lowest BCUT2D eigenvalue weighted by molar-refractivity contribution is -0.111. The van der Waals surface area contributed by atoms with Gasteiger partial charge in [-0.05, 0) is 66.9 Å². The van der Waals surface area contributed by atoms with E-state index in [1.165, 1.54) is 11.6 Å². The summed E-state index contributed by atoms with van der Waals surface area (Å²) in [5, 5.41) is 6.60. The highest BCUT2D eigenvalue weighted by Gasteiger charge is 2.19. The second kappa shape index (κ2) is 9.88. The molecule has 3 aromatic carbocycles.